The molecule has 0 N–H and O–H groups in total. The lowest BCUT2D eigenvalue weighted by molar-refractivity contribution is -0.120. The van der Waals surface area contributed by atoms with Gasteiger partial charge in [-0.1, -0.05) is 198 Å². The Labute approximate surface area is 531 Å². The largest absolute Gasteiger partial charge is 0.497 e. The molecule has 1 aliphatic heterocycles. The molecule has 2 atom stereocenters. The van der Waals surface area contributed by atoms with Crippen LogP contribution < -0.4 is 9.47 Å². The van der Waals surface area contributed by atoms with E-state index in [9.17, 15) is 14.4 Å². The van der Waals surface area contributed by atoms with E-state index in [1.54, 1.807) is 43.1 Å². The summed E-state index contributed by atoms with van der Waals surface area (Å²) in [5.41, 5.74) is 13.6. The third-order valence-electron chi connectivity index (χ3n) is 17.2. The zero-order valence-electron chi connectivity index (χ0n) is 55.3. The van der Waals surface area contributed by atoms with Crippen molar-refractivity contribution in [2.24, 2.45) is 23.7 Å². The van der Waals surface area contributed by atoms with E-state index in [2.05, 4.69) is 173 Å². The number of hydrogen-bond acceptors (Lipinski definition) is 5. The number of hydrogen-bond donors (Lipinski definition) is 0. The van der Waals surface area contributed by atoms with E-state index in [-0.39, 0.29) is 11.7 Å². The van der Waals surface area contributed by atoms with Crippen molar-refractivity contribution in [2.75, 3.05) is 14.2 Å². The Hall–Kier alpha value is -7.48. The maximum atomic E-state index is 13.1. The Morgan fingerprint density at radius 2 is 1.12 bits per heavy atom. The van der Waals surface area contributed by atoms with Crippen LogP contribution in [0.3, 0.4) is 0 Å². The summed E-state index contributed by atoms with van der Waals surface area (Å²) >= 11 is 5.95. The summed E-state index contributed by atoms with van der Waals surface area (Å²) in [6, 6.07) is 57.1. The number of fused-ring (bicyclic) bond motifs is 3. The molecule has 0 spiro atoms. The van der Waals surface area contributed by atoms with Crippen molar-refractivity contribution < 1.29 is 23.9 Å². The minimum atomic E-state index is -0.0423. The van der Waals surface area contributed by atoms with Crippen molar-refractivity contribution in [1.29, 1.82) is 0 Å². The standard InChI is InChI=1S/C21H22ClNO2.C17H19NO.C15H20O.C14H16O.C13H20/c1-13(2)11-18-14(3)23(20-10-9-17(25-4)12-19(18)20)21(24)15-5-7-16(22)8-6-15;1-12(2)14-10-11-18-15(14)8-9-16(18)17(19)13-6-4-3-5-7-13;1-11(2)13-8-6-12(7-9-13)10-14-4-3-5-15(14)16;1-10(2)11-4-5-13-9-14(15-3)7-6-12(13)8-11;1-10(2)9-12-5-7-13(8-6-12)11(3)4/h5-10,12-13H,11H2,1-4H3;3-9,12,14H,10-11H2,1-2H3;6-9,11,14H,3-5,10H2,1-2H3;4-10H,1-3H3;5-8,10-11H,9H2,1-4H3. The van der Waals surface area contributed by atoms with Crippen molar-refractivity contribution in [3.05, 3.63) is 236 Å². The van der Waals surface area contributed by atoms with Crippen LogP contribution >= 0.6 is 11.6 Å². The lowest BCUT2D eigenvalue weighted by atomic mass is 9.92. The molecule has 0 amide bonds. The highest BCUT2D eigenvalue weighted by Crippen LogP contribution is 2.37. The maximum Gasteiger partial charge on any atom is 0.262 e. The van der Waals surface area contributed by atoms with E-state index in [1.165, 1.54) is 56.3 Å². The fourth-order valence-electron chi connectivity index (χ4n) is 12.0. The van der Waals surface area contributed by atoms with E-state index in [4.69, 9.17) is 21.1 Å². The van der Waals surface area contributed by atoms with Crippen molar-refractivity contribution >= 4 is 50.7 Å². The van der Waals surface area contributed by atoms with Crippen molar-refractivity contribution in [3.63, 3.8) is 0 Å². The second-order valence-electron chi connectivity index (χ2n) is 26.1. The topological polar surface area (TPSA) is 79.5 Å². The monoisotopic (exact) mass is 1200 g/mol. The van der Waals surface area contributed by atoms with E-state index in [0.717, 1.165) is 90.3 Å². The number of Topliss-reactive ketones (excluding diaryl/α,β-unsaturated/α-hetero) is 1. The van der Waals surface area contributed by atoms with Gasteiger partial charge in [-0.3, -0.25) is 19.0 Å². The van der Waals surface area contributed by atoms with Crippen LogP contribution in [0.2, 0.25) is 5.02 Å². The fraction of sp³-hybridized carbons (Fsp3) is 0.388. The third-order valence-corrected chi connectivity index (χ3v) is 17.4. The van der Waals surface area contributed by atoms with Gasteiger partial charge in [0.05, 0.1) is 25.4 Å². The van der Waals surface area contributed by atoms with Crippen LogP contribution in [0.5, 0.6) is 11.5 Å². The summed E-state index contributed by atoms with van der Waals surface area (Å²) in [6.07, 6.45) is 7.18. The number of carbonyl (C=O) groups excluding carboxylic acids is 3. The molecular weight excluding hydrogens is 1100 g/mol. The smallest absolute Gasteiger partial charge is 0.262 e. The highest BCUT2D eigenvalue weighted by molar-refractivity contribution is 6.30. The molecule has 0 bridgehead atoms. The molecular formula is C80H97ClN2O5. The Morgan fingerprint density at radius 3 is 1.68 bits per heavy atom. The van der Waals surface area contributed by atoms with Gasteiger partial charge in [0.15, 0.2) is 0 Å². The first kappa shape index (κ1) is 68.0. The van der Waals surface area contributed by atoms with Gasteiger partial charge in [-0.05, 0) is 192 Å². The predicted octanol–water partition coefficient (Wildman–Crippen LogP) is 21.1. The summed E-state index contributed by atoms with van der Waals surface area (Å²) in [5, 5.41) is 4.21. The molecule has 1 aliphatic carbocycles. The number of nitrogens with zero attached hydrogens (tertiary/aromatic N) is 2. The Morgan fingerprint density at radius 1 is 0.568 bits per heavy atom. The Bertz CT molecular complexity index is 3690. The number of methoxy groups -OCH3 is 2. The van der Waals surface area contributed by atoms with Crippen LogP contribution in [-0.4, -0.2) is 40.8 Å². The molecule has 1 saturated carbocycles. The van der Waals surface area contributed by atoms with Gasteiger partial charge >= 0.3 is 0 Å². The first-order chi connectivity index (χ1) is 42.1. The molecule has 2 aliphatic rings. The molecule has 9 aromatic rings. The van der Waals surface area contributed by atoms with Gasteiger partial charge in [0.25, 0.3) is 5.91 Å². The quantitative estimate of drug-likeness (QED) is 0.0956. The van der Waals surface area contributed by atoms with Crippen LogP contribution in [-0.2, 0) is 30.6 Å². The van der Waals surface area contributed by atoms with Gasteiger partial charge in [0.2, 0.25) is 5.78 Å². The highest BCUT2D eigenvalue weighted by atomic mass is 35.5. The minimum absolute atomic E-state index is 0.0423. The van der Waals surface area contributed by atoms with E-state index >= 15 is 0 Å². The number of aromatic nitrogens is 2. The maximum absolute atomic E-state index is 13.1. The lowest BCUT2D eigenvalue weighted by Crippen LogP contribution is -2.13. The Balaban J connectivity index is 0.000000160. The minimum Gasteiger partial charge on any atom is -0.497 e. The molecule has 11 rings (SSSR count). The number of halogens is 1. The van der Waals surface area contributed by atoms with E-state index < -0.39 is 0 Å². The SMILES string of the molecule is CC(C)C1CCn2c(C(=O)c3ccccc3)ccc21.CC(C)Cc1ccc(C(C)C)cc1.CC(C)c1ccc(CC2CCCC2=O)cc1.COc1ccc2c(c1)c(CC(C)C)c(C)n2C(=O)c1ccc(Cl)cc1.COc1ccc2cc(C(C)C)ccc2c1. The second-order valence-corrected chi connectivity index (χ2v) is 26.5. The van der Waals surface area contributed by atoms with Crippen LogP contribution in [0.4, 0.5) is 0 Å². The van der Waals surface area contributed by atoms with Gasteiger partial charge in [-0.2, -0.15) is 0 Å². The summed E-state index contributed by atoms with van der Waals surface area (Å²) in [5.74, 6) is 6.86. The number of rotatable bonds is 15. The first-order valence-electron chi connectivity index (χ1n) is 32.1. The van der Waals surface area contributed by atoms with Crippen molar-refractivity contribution in [2.45, 2.75) is 165 Å². The fourth-order valence-corrected chi connectivity index (χ4v) is 12.1. The normalized spacial score (nSPS) is 14.3. The average molecular weight is 1200 g/mol. The number of carbonyl (C=O) groups is 3. The predicted molar refractivity (Wildman–Crippen MR) is 370 cm³/mol. The molecule has 7 aromatic carbocycles. The number of benzene rings is 7. The van der Waals surface area contributed by atoms with Gasteiger partial charge in [-0.15, -0.1) is 0 Å². The molecule has 88 heavy (non-hydrogen) atoms. The number of ether oxygens (including phenoxy) is 2. The van der Waals surface area contributed by atoms with Crippen LogP contribution in [0.15, 0.2) is 170 Å². The molecule has 2 aromatic heterocycles. The molecule has 1 fully saturated rings. The second kappa shape index (κ2) is 32.1. The van der Waals surface area contributed by atoms with Gasteiger partial charge in [0.1, 0.15) is 17.3 Å². The Kier molecular flexibility index (Phi) is 24.8. The van der Waals surface area contributed by atoms with Crippen LogP contribution in [0.25, 0.3) is 21.7 Å². The van der Waals surface area contributed by atoms with Crippen LogP contribution in [0.1, 0.15) is 204 Å². The van der Waals surface area contributed by atoms with E-state index in [1.807, 2.05) is 67.6 Å². The highest BCUT2D eigenvalue weighted by Gasteiger charge is 2.29. The molecule has 2 unspecified atom stereocenters. The molecule has 464 valence electrons. The third kappa shape index (κ3) is 18.1. The van der Waals surface area contributed by atoms with Gasteiger partial charge in [0, 0.05) is 57.7 Å². The van der Waals surface area contributed by atoms with Gasteiger partial charge in [-0.25, -0.2) is 0 Å². The molecule has 8 heteroatoms. The van der Waals surface area contributed by atoms with Gasteiger partial charge < -0.3 is 14.0 Å². The summed E-state index contributed by atoms with van der Waals surface area (Å²) in [7, 11) is 3.36. The van der Waals surface area contributed by atoms with Crippen LogP contribution in [0, 0.1) is 30.6 Å². The van der Waals surface area contributed by atoms with E-state index in [0.29, 0.717) is 57.8 Å². The summed E-state index contributed by atoms with van der Waals surface area (Å²) in [6.45, 7) is 29.7. The molecule has 7 nitrogen and oxygen atoms in total. The van der Waals surface area contributed by atoms with Crippen molar-refractivity contribution in [3.8, 4) is 11.5 Å². The molecule has 0 radical (unpaired) electrons. The molecule has 0 saturated heterocycles. The lowest BCUT2D eigenvalue weighted by Gasteiger charge is -2.12. The summed E-state index contributed by atoms with van der Waals surface area (Å²) in [4.78, 5) is 37.2. The molecule has 3 heterocycles. The zero-order valence-corrected chi connectivity index (χ0v) is 56.0. The zero-order chi connectivity index (χ0) is 63.8. The van der Waals surface area contributed by atoms with Crippen molar-refractivity contribution in [1.82, 2.24) is 9.13 Å². The number of ketones is 2. The average Bonchev–Trinajstić information content (AvgIpc) is 2.78. The first-order valence-corrected chi connectivity index (χ1v) is 32.5. The summed E-state index contributed by atoms with van der Waals surface area (Å²) < 4.78 is 14.6.